The molecule has 0 aliphatic carbocycles. The highest BCUT2D eigenvalue weighted by atomic mass is 32.2. The van der Waals surface area contributed by atoms with E-state index in [1.807, 2.05) is 24.3 Å². The second-order valence-electron chi connectivity index (χ2n) is 7.16. The van der Waals surface area contributed by atoms with Crippen molar-refractivity contribution in [3.05, 3.63) is 71.5 Å². The van der Waals surface area contributed by atoms with Gasteiger partial charge in [0, 0.05) is 23.7 Å². The molecule has 4 rings (SSSR count). The molecule has 2 aromatic heterocycles. The number of benzene rings is 2. The fourth-order valence-electron chi connectivity index (χ4n) is 3.19. The van der Waals surface area contributed by atoms with Gasteiger partial charge in [0.15, 0.2) is 9.84 Å². The molecule has 4 aromatic rings. The molecule has 0 aliphatic rings. The molecule has 0 aliphatic heterocycles. The van der Waals surface area contributed by atoms with E-state index < -0.39 is 15.7 Å². The Morgan fingerprint density at radius 2 is 1.91 bits per heavy atom. The number of hydrogen-bond donors (Lipinski definition) is 1. The maximum absolute atomic E-state index is 12.8. The van der Waals surface area contributed by atoms with Crippen molar-refractivity contribution in [3.8, 4) is 16.6 Å². The number of thiazole rings is 1. The van der Waals surface area contributed by atoms with Crippen LogP contribution < -0.4 is 5.32 Å². The van der Waals surface area contributed by atoms with Gasteiger partial charge in [-0.05, 0) is 36.2 Å². The van der Waals surface area contributed by atoms with Gasteiger partial charge in [-0.2, -0.15) is 5.26 Å². The van der Waals surface area contributed by atoms with Gasteiger partial charge < -0.3 is 5.32 Å². The lowest BCUT2D eigenvalue weighted by Crippen LogP contribution is -2.17. The summed E-state index contributed by atoms with van der Waals surface area (Å²) in [5.74, 6) is -0.644. The van der Waals surface area contributed by atoms with Crippen LogP contribution in [0.1, 0.15) is 28.5 Å². The van der Waals surface area contributed by atoms with E-state index in [1.165, 1.54) is 11.6 Å². The fraction of sp³-hybridized carbons (Fsp3) is 0.130. The van der Waals surface area contributed by atoms with Gasteiger partial charge in [0.1, 0.15) is 16.8 Å². The first kappa shape index (κ1) is 21.6. The Bertz CT molecular complexity index is 1480. The van der Waals surface area contributed by atoms with Gasteiger partial charge in [0.05, 0.1) is 20.7 Å². The van der Waals surface area contributed by atoms with E-state index in [0.29, 0.717) is 5.69 Å². The highest BCUT2D eigenvalue weighted by Crippen LogP contribution is 2.32. The molecule has 1 N–H and O–H groups in total. The Morgan fingerprint density at radius 3 is 2.56 bits per heavy atom. The molecule has 0 unspecified atom stereocenters. The Hall–Kier alpha value is -3.61. The van der Waals surface area contributed by atoms with E-state index in [9.17, 15) is 13.2 Å². The third-order valence-corrected chi connectivity index (χ3v) is 7.09. The number of fused-ring (bicyclic) bond motifs is 1. The highest BCUT2D eigenvalue weighted by Gasteiger charge is 2.21. The van der Waals surface area contributed by atoms with Crippen molar-refractivity contribution < 1.29 is 13.2 Å². The summed E-state index contributed by atoms with van der Waals surface area (Å²) in [6, 6.07) is 16.6. The number of pyridine rings is 1. The Morgan fingerprint density at radius 1 is 1.16 bits per heavy atom. The zero-order chi connectivity index (χ0) is 22.9. The fourth-order valence-corrected chi connectivity index (χ4v) is 4.93. The number of amides is 1. The number of nitriles is 1. The van der Waals surface area contributed by atoms with Crippen molar-refractivity contribution in [2.75, 3.05) is 11.6 Å². The minimum absolute atomic E-state index is 0.0452. The molecule has 0 fully saturated rings. The normalized spacial score (nSPS) is 11.3. The predicted molar refractivity (Wildman–Crippen MR) is 124 cm³/mol. The molecule has 0 bridgehead atoms. The summed E-state index contributed by atoms with van der Waals surface area (Å²) in [6.45, 7) is 2.11. The van der Waals surface area contributed by atoms with E-state index >= 15 is 0 Å². The molecule has 2 aromatic carbocycles. The van der Waals surface area contributed by atoms with Crippen LogP contribution in [0.15, 0.2) is 59.6 Å². The molecule has 0 saturated carbocycles. The van der Waals surface area contributed by atoms with Crippen LogP contribution in [0, 0.1) is 11.3 Å². The van der Waals surface area contributed by atoms with Crippen LogP contribution in [0.4, 0.5) is 5.69 Å². The van der Waals surface area contributed by atoms with Gasteiger partial charge >= 0.3 is 0 Å². The van der Waals surface area contributed by atoms with Crippen molar-refractivity contribution in [2.24, 2.45) is 0 Å². The van der Waals surface area contributed by atoms with Crippen molar-refractivity contribution in [1.29, 1.82) is 5.26 Å². The Labute approximate surface area is 189 Å². The number of nitrogens with zero attached hydrogens (tertiary/aromatic N) is 3. The molecule has 7 nitrogen and oxygen atoms in total. The first-order valence-corrected chi connectivity index (χ1v) is 12.4. The molecule has 0 spiro atoms. The molecule has 1 amide bonds. The van der Waals surface area contributed by atoms with E-state index in [2.05, 4.69) is 34.3 Å². The second kappa shape index (κ2) is 8.49. The number of anilines is 1. The van der Waals surface area contributed by atoms with Gasteiger partial charge in [-0.3, -0.25) is 4.79 Å². The van der Waals surface area contributed by atoms with E-state index in [4.69, 9.17) is 5.26 Å². The van der Waals surface area contributed by atoms with Crippen LogP contribution >= 0.6 is 11.3 Å². The molecule has 0 saturated heterocycles. The largest absolute Gasteiger partial charge is 0.322 e. The van der Waals surface area contributed by atoms with Crippen molar-refractivity contribution in [1.82, 2.24) is 9.97 Å². The van der Waals surface area contributed by atoms with Crippen LogP contribution in [-0.4, -0.2) is 30.5 Å². The smallest absolute Gasteiger partial charge is 0.257 e. The van der Waals surface area contributed by atoms with Gasteiger partial charge in [0.25, 0.3) is 5.91 Å². The average molecular weight is 463 g/mol. The SMILES string of the molecule is CCc1ccc(-c2nc3cc(NC(=O)c4cc(C#N)ncc4S(C)(=O)=O)ccc3s2)cc1. The lowest BCUT2D eigenvalue weighted by molar-refractivity contribution is 0.102. The Balaban J connectivity index is 1.65. The minimum Gasteiger partial charge on any atom is -0.322 e. The first-order chi connectivity index (χ1) is 15.3. The summed E-state index contributed by atoms with van der Waals surface area (Å²) < 4.78 is 25.1. The summed E-state index contributed by atoms with van der Waals surface area (Å²) in [6.07, 6.45) is 2.99. The molecule has 32 heavy (non-hydrogen) atoms. The number of carbonyl (C=O) groups is 1. The standard InChI is InChI=1S/C23H18N4O3S2/c1-3-14-4-6-15(7-5-14)23-27-19-11-16(8-9-20(19)31-23)26-22(28)18-10-17(12-24)25-13-21(18)32(2,29)30/h4-11,13H,3H2,1-2H3,(H,26,28). The third kappa shape index (κ3) is 4.37. The number of carbonyl (C=O) groups excluding carboxylic acids is 1. The number of aryl methyl sites for hydroxylation is 1. The molecule has 2 heterocycles. The van der Waals surface area contributed by atoms with Crippen molar-refractivity contribution in [3.63, 3.8) is 0 Å². The first-order valence-electron chi connectivity index (χ1n) is 9.70. The molecular formula is C23H18N4O3S2. The quantitative estimate of drug-likeness (QED) is 0.469. The van der Waals surface area contributed by atoms with Crippen LogP contribution in [0.5, 0.6) is 0 Å². The topological polar surface area (TPSA) is 113 Å². The van der Waals surface area contributed by atoms with Crippen LogP contribution in [0.3, 0.4) is 0 Å². The zero-order valence-corrected chi connectivity index (χ0v) is 18.9. The summed E-state index contributed by atoms with van der Waals surface area (Å²) in [5.41, 5.74) is 3.29. The Kier molecular flexibility index (Phi) is 5.74. The van der Waals surface area contributed by atoms with Crippen molar-refractivity contribution >= 4 is 43.0 Å². The molecule has 160 valence electrons. The maximum atomic E-state index is 12.8. The number of rotatable bonds is 5. The molecular weight excluding hydrogens is 444 g/mol. The second-order valence-corrected chi connectivity index (χ2v) is 10.2. The van der Waals surface area contributed by atoms with E-state index in [1.54, 1.807) is 23.5 Å². The lowest BCUT2D eigenvalue weighted by atomic mass is 10.1. The maximum Gasteiger partial charge on any atom is 0.257 e. The van der Waals surface area contributed by atoms with Crippen molar-refractivity contribution in [2.45, 2.75) is 18.2 Å². The van der Waals surface area contributed by atoms with Gasteiger partial charge in [-0.1, -0.05) is 31.2 Å². The van der Waals surface area contributed by atoms with Crippen LogP contribution in [0.25, 0.3) is 20.8 Å². The van der Waals surface area contributed by atoms with E-state index in [0.717, 1.165) is 39.7 Å². The number of sulfone groups is 1. The molecule has 0 radical (unpaired) electrons. The third-order valence-electron chi connectivity index (χ3n) is 4.88. The number of nitrogens with one attached hydrogen (secondary N) is 1. The van der Waals surface area contributed by atoms with E-state index in [-0.39, 0.29) is 16.2 Å². The predicted octanol–water partition coefficient (Wildman–Crippen LogP) is 4.45. The van der Waals surface area contributed by atoms with Gasteiger partial charge in [-0.25, -0.2) is 18.4 Å². The minimum atomic E-state index is -3.71. The highest BCUT2D eigenvalue weighted by molar-refractivity contribution is 7.90. The summed E-state index contributed by atoms with van der Waals surface area (Å²) >= 11 is 1.55. The summed E-state index contributed by atoms with van der Waals surface area (Å²) in [5, 5.41) is 12.6. The average Bonchev–Trinajstić information content (AvgIpc) is 3.21. The monoisotopic (exact) mass is 462 g/mol. The van der Waals surface area contributed by atoms with Crippen LogP contribution in [-0.2, 0) is 16.3 Å². The summed E-state index contributed by atoms with van der Waals surface area (Å²) in [4.78, 5) is 21.1. The lowest BCUT2D eigenvalue weighted by Gasteiger charge is -2.09. The number of hydrogen-bond acceptors (Lipinski definition) is 7. The zero-order valence-electron chi connectivity index (χ0n) is 17.3. The molecule has 9 heteroatoms. The van der Waals surface area contributed by atoms with Gasteiger partial charge in [-0.15, -0.1) is 11.3 Å². The number of aromatic nitrogens is 2. The summed E-state index contributed by atoms with van der Waals surface area (Å²) in [7, 11) is -3.71. The van der Waals surface area contributed by atoms with Crippen LogP contribution in [0.2, 0.25) is 0 Å². The van der Waals surface area contributed by atoms with Gasteiger partial charge in [0.2, 0.25) is 0 Å². The molecule has 0 atom stereocenters.